The van der Waals surface area contributed by atoms with Crippen molar-refractivity contribution < 1.29 is 14.0 Å². The summed E-state index contributed by atoms with van der Waals surface area (Å²) in [7, 11) is 0. The van der Waals surface area contributed by atoms with Gasteiger partial charge in [0.05, 0.1) is 0 Å². The van der Waals surface area contributed by atoms with Crippen LogP contribution in [-0.4, -0.2) is 34.7 Å². The zero-order valence-corrected chi connectivity index (χ0v) is 15.7. The Kier molecular flexibility index (Phi) is 3.98. The molecule has 29 heavy (non-hydrogen) atoms. The molecule has 0 aliphatic carbocycles. The van der Waals surface area contributed by atoms with Gasteiger partial charge in [-0.2, -0.15) is 0 Å². The minimum absolute atomic E-state index is 0.0647. The third kappa shape index (κ3) is 2.58. The van der Waals surface area contributed by atoms with Gasteiger partial charge in [0.1, 0.15) is 11.5 Å². The first kappa shape index (κ1) is 17.6. The van der Waals surface area contributed by atoms with Gasteiger partial charge in [0.25, 0.3) is 11.8 Å². The Hall–Kier alpha value is -3.47. The summed E-state index contributed by atoms with van der Waals surface area (Å²) in [5.41, 5.74) is 2.04. The number of benzene rings is 3. The van der Waals surface area contributed by atoms with Gasteiger partial charge in [-0.05, 0) is 41.5 Å². The van der Waals surface area contributed by atoms with Gasteiger partial charge >= 0.3 is 0 Å². The van der Waals surface area contributed by atoms with E-state index in [1.54, 1.807) is 4.90 Å². The van der Waals surface area contributed by atoms with E-state index >= 15 is 0 Å². The second-order valence-electron chi connectivity index (χ2n) is 7.44. The first-order chi connectivity index (χ1) is 14.1. The van der Waals surface area contributed by atoms with Crippen LogP contribution in [-0.2, 0) is 12.1 Å². The highest BCUT2D eigenvalue weighted by molar-refractivity contribution is 6.00. The average Bonchev–Trinajstić information content (AvgIpc) is 3.15. The molecule has 5 rings (SSSR count). The van der Waals surface area contributed by atoms with E-state index in [4.69, 9.17) is 0 Å². The van der Waals surface area contributed by atoms with Gasteiger partial charge < -0.3 is 9.80 Å². The van der Waals surface area contributed by atoms with Crippen molar-refractivity contribution >= 4 is 11.8 Å². The molecule has 2 amide bonds. The highest BCUT2D eigenvalue weighted by atomic mass is 19.1. The summed E-state index contributed by atoms with van der Waals surface area (Å²) in [5.74, 6) is -0.655. The van der Waals surface area contributed by atoms with Crippen molar-refractivity contribution in [3.8, 4) is 0 Å². The third-order valence-electron chi connectivity index (χ3n) is 5.94. The summed E-state index contributed by atoms with van der Waals surface area (Å²) in [6.45, 7) is 0.875. The fourth-order valence-electron chi connectivity index (χ4n) is 4.61. The SMILES string of the molecule is O=C(c1ccc(F)cc1)N1CCN2C(=O)c3ccccc3CC12c1ccccc1. The van der Waals surface area contributed by atoms with Crippen LogP contribution in [0.15, 0.2) is 78.9 Å². The minimum atomic E-state index is -0.891. The standard InChI is InChI=1S/C24H19FN2O2/c25-20-12-10-17(11-13-20)22(28)26-14-15-27-23(29)21-9-5-4-6-18(21)16-24(26,27)19-7-2-1-3-8-19/h1-13H,14-16H2. The van der Waals surface area contributed by atoms with Gasteiger partial charge in [0.2, 0.25) is 0 Å². The van der Waals surface area contributed by atoms with E-state index in [2.05, 4.69) is 0 Å². The zero-order chi connectivity index (χ0) is 20.0. The van der Waals surface area contributed by atoms with Gasteiger partial charge in [0.15, 0.2) is 0 Å². The summed E-state index contributed by atoms with van der Waals surface area (Å²) < 4.78 is 13.4. The Labute approximate surface area is 168 Å². The lowest BCUT2D eigenvalue weighted by atomic mass is 9.83. The maximum Gasteiger partial charge on any atom is 0.256 e. The molecule has 3 aromatic rings. The number of fused-ring (bicyclic) bond motifs is 2. The maximum absolute atomic E-state index is 13.5. The molecule has 2 heterocycles. The van der Waals surface area contributed by atoms with E-state index in [0.29, 0.717) is 30.6 Å². The number of carbonyl (C=O) groups is 2. The summed E-state index contributed by atoms with van der Waals surface area (Å²) in [6.07, 6.45) is 0.520. The summed E-state index contributed by atoms with van der Waals surface area (Å²) in [6, 6.07) is 22.8. The largest absolute Gasteiger partial charge is 0.309 e. The van der Waals surface area contributed by atoms with Crippen LogP contribution >= 0.6 is 0 Å². The van der Waals surface area contributed by atoms with Crippen molar-refractivity contribution in [2.75, 3.05) is 13.1 Å². The van der Waals surface area contributed by atoms with Gasteiger partial charge in [-0.1, -0.05) is 48.5 Å². The molecule has 4 nitrogen and oxygen atoms in total. The van der Waals surface area contributed by atoms with Crippen molar-refractivity contribution in [2.24, 2.45) is 0 Å². The molecular formula is C24H19FN2O2. The van der Waals surface area contributed by atoms with Crippen LogP contribution < -0.4 is 0 Å². The van der Waals surface area contributed by atoms with Crippen molar-refractivity contribution in [1.29, 1.82) is 0 Å². The molecule has 0 N–H and O–H groups in total. The molecule has 0 spiro atoms. The molecular weight excluding hydrogens is 367 g/mol. The van der Waals surface area contributed by atoms with E-state index in [9.17, 15) is 14.0 Å². The molecule has 5 heteroatoms. The first-order valence-corrected chi connectivity index (χ1v) is 9.64. The lowest BCUT2D eigenvalue weighted by Crippen LogP contribution is -2.58. The second kappa shape index (κ2) is 6.55. The fourth-order valence-corrected chi connectivity index (χ4v) is 4.61. The van der Waals surface area contributed by atoms with Crippen LogP contribution in [0.3, 0.4) is 0 Å². The van der Waals surface area contributed by atoms with E-state index in [1.807, 2.05) is 59.5 Å². The first-order valence-electron chi connectivity index (χ1n) is 9.64. The summed E-state index contributed by atoms with van der Waals surface area (Å²) >= 11 is 0. The molecule has 1 fully saturated rings. The fraction of sp³-hybridized carbons (Fsp3) is 0.167. The monoisotopic (exact) mass is 386 g/mol. The Balaban J connectivity index is 1.68. The van der Waals surface area contributed by atoms with E-state index in [0.717, 1.165) is 11.1 Å². The predicted molar refractivity (Wildman–Crippen MR) is 107 cm³/mol. The molecule has 0 saturated carbocycles. The van der Waals surface area contributed by atoms with Crippen LogP contribution in [0.2, 0.25) is 0 Å². The molecule has 2 aliphatic heterocycles. The summed E-state index contributed by atoms with van der Waals surface area (Å²) in [4.78, 5) is 30.4. The van der Waals surface area contributed by atoms with Crippen molar-refractivity contribution in [3.05, 3.63) is 107 Å². The van der Waals surface area contributed by atoms with Crippen molar-refractivity contribution in [3.63, 3.8) is 0 Å². The van der Waals surface area contributed by atoms with E-state index in [1.165, 1.54) is 24.3 Å². The minimum Gasteiger partial charge on any atom is -0.309 e. The lowest BCUT2D eigenvalue weighted by Gasteiger charge is -2.47. The predicted octanol–water partition coefficient (Wildman–Crippen LogP) is 3.83. The van der Waals surface area contributed by atoms with Gasteiger partial charge in [0, 0.05) is 30.6 Å². The van der Waals surface area contributed by atoms with Crippen LogP contribution in [0, 0.1) is 5.82 Å². The number of hydrogen-bond donors (Lipinski definition) is 0. The molecule has 0 radical (unpaired) electrons. The van der Waals surface area contributed by atoms with Crippen LogP contribution in [0.25, 0.3) is 0 Å². The highest BCUT2D eigenvalue weighted by Gasteiger charge is 2.55. The number of carbonyl (C=O) groups excluding carboxylic acids is 2. The topological polar surface area (TPSA) is 40.6 Å². The molecule has 0 bridgehead atoms. The zero-order valence-electron chi connectivity index (χ0n) is 15.7. The average molecular weight is 386 g/mol. The van der Waals surface area contributed by atoms with Crippen molar-refractivity contribution in [2.45, 2.75) is 12.1 Å². The molecule has 1 atom stereocenters. The molecule has 2 aliphatic rings. The molecule has 3 aromatic carbocycles. The van der Waals surface area contributed by atoms with Gasteiger partial charge in [-0.25, -0.2) is 4.39 Å². The second-order valence-corrected chi connectivity index (χ2v) is 7.44. The highest BCUT2D eigenvalue weighted by Crippen LogP contribution is 2.45. The number of halogens is 1. The van der Waals surface area contributed by atoms with Gasteiger partial charge in [-0.15, -0.1) is 0 Å². The molecule has 1 unspecified atom stereocenters. The summed E-state index contributed by atoms with van der Waals surface area (Å²) in [5, 5.41) is 0. The number of rotatable bonds is 2. The number of amides is 2. The van der Waals surface area contributed by atoms with E-state index in [-0.39, 0.29) is 17.6 Å². The molecule has 0 aromatic heterocycles. The normalized spacial score (nSPS) is 20.4. The van der Waals surface area contributed by atoms with Crippen LogP contribution in [0.1, 0.15) is 31.8 Å². The van der Waals surface area contributed by atoms with E-state index < -0.39 is 5.66 Å². The quantitative estimate of drug-likeness (QED) is 0.672. The lowest BCUT2D eigenvalue weighted by molar-refractivity contribution is 0.00773. The Morgan fingerprint density at radius 2 is 1.55 bits per heavy atom. The Morgan fingerprint density at radius 3 is 2.31 bits per heavy atom. The van der Waals surface area contributed by atoms with Crippen LogP contribution in [0.5, 0.6) is 0 Å². The third-order valence-corrected chi connectivity index (χ3v) is 5.94. The van der Waals surface area contributed by atoms with Crippen molar-refractivity contribution in [1.82, 2.24) is 9.80 Å². The molecule has 144 valence electrons. The Morgan fingerprint density at radius 1 is 0.862 bits per heavy atom. The van der Waals surface area contributed by atoms with Gasteiger partial charge in [-0.3, -0.25) is 9.59 Å². The Bertz CT molecular complexity index is 1100. The number of hydrogen-bond acceptors (Lipinski definition) is 2. The smallest absolute Gasteiger partial charge is 0.256 e. The molecule has 1 saturated heterocycles. The number of nitrogens with zero attached hydrogens (tertiary/aromatic N) is 2. The van der Waals surface area contributed by atoms with Crippen LogP contribution in [0.4, 0.5) is 4.39 Å². The maximum atomic E-state index is 13.5.